The molecular weight excluding hydrogens is 242 g/mol. The molecular formula is C15H25NOS. The van der Waals surface area contributed by atoms with E-state index in [1.54, 1.807) is 0 Å². The first-order chi connectivity index (χ1) is 8.34. The Morgan fingerprint density at radius 1 is 1.22 bits per heavy atom. The maximum atomic E-state index is 12.2. The molecule has 1 aromatic rings. The fourth-order valence-electron chi connectivity index (χ4n) is 1.69. The predicted molar refractivity (Wildman–Crippen MR) is 79.9 cm³/mol. The first kappa shape index (κ1) is 15.4. The van der Waals surface area contributed by atoms with E-state index in [4.69, 9.17) is 0 Å². The maximum absolute atomic E-state index is 12.2. The van der Waals surface area contributed by atoms with Crippen LogP contribution in [0.5, 0.6) is 0 Å². The van der Waals surface area contributed by atoms with E-state index in [0.29, 0.717) is 0 Å². The van der Waals surface area contributed by atoms with Crippen molar-refractivity contribution in [3.8, 4) is 0 Å². The fourth-order valence-corrected chi connectivity index (χ4v) is 2.55. The second-order valence-corrected chi connectivity index (χ2v) is 7.75. The van der Waals surface area contributed by atoms with Crippen molar-refractivity contribution in [3.63, 3.8) is 0 Å². The topological polar surface area (TPSA) is 29.1 Å². The summed E-state index contributed by atoms with van der Waals surface area (Å²) in [5.74, 6) is 0. The molecule has 1 rings (SSSR count). The molecule has 18 heavy (non-hydrogen) atoms. The zero-order chi connectivity index (χ0) is 13.8. The van der Waals surface area contributed by atoms with Gasteiger partial charge in [-0.2, -0.15) is 0 Å². The second-order valence-electron chi connectivity index (χ2n) is 5.75. The molecule has 0 unspecified atom stereocenters. The lowest BCUT2D eigenvalue weighted by molar-refractivity contribution is 0.565. The van der Waals surface area contributed by atoms with Gasteiger partial charge in [0.15, 0.2) is 0 Å². The van der Waals surface area contributed by atoms with Crippen molar-refractivity contribution in [3.05, 3.63) is 35.4 Å². The highest BCUT2D eigenvalue weighted by Crippen LogP contribution is 2.22. The molecule has 0 fully saturated rings. The highest BCUT2D eigenvalue weighted by Gasteiger charge is 2.23. The smallest absolute Gasteiger partial charge is 0.0975 e. The van der Waals surface area contributed by atoms with Gasteiger partial charge >= 0.3 is 0 Å². The highest BCUT2D eigenvalue weighted by atomic mass is 32.2. The monoisotopic (exact) mass is 267 g/mol. The Bertz CT molecular complexity index is 392. The van der Waals surface area contributed by atoms with Crippen molar-refractivity contribution >= 4 is 11.0 Å². The summed E-state index contributed by atoms with van der Waals surface area (Å²) in [5.41, 5.74) is 2.48. The van der Waals surface area contributed by atoms with Crippen LogP contribution < -0.4 is 4.72 Å². The Balaban J connectivity index is 2.83. The molecule has 2 atom stereocenters. The number of benzene rings is 1. The quantitative estimate of drug-likeness (QED) is 0.861. The van der Waals surface area contributed by atoms with Gasteiger partial charge in [0.05, 0.1) is 15.7 Å². The van der Waals surface area contributed by atoms with Gasteiger partial charge in [0.2, 0.25) is 0 Å². The van der Waals surface area contributed by atoms with E-state index in [-0.39, 0.29) is 10.8 Å². The van der Waals surface area contributed by atoms with E-state index in [0.717, 1.165) is 12.8 Å². The molecule has 0 saturated carbocycles. The van der Waals surface area contributed by atoms with Crippen molar-refractivity contribution in [2.75, 3.05) is 0 Å². The Morgan fingerprint density at radius 3 is 2.22 bits per heavy atom. The van der Waals surface area contributed by atoms with Crippen LogP contribution in [0.25, 0.3) is 0 Å². The summed E-state index contributed by atoms with van der Waals surface area (Å²) in [6.07, 6.45) is 2.08. The summed E-state index contributed by atoms with van der Waals surface area (Å²) in [6, 6.07) is 8.65. The highest BCUT2D eigenvalue weighted by molar-refractivity contribution is 7.84. The SMILES string of the molecule is CCC[C@@H](N[S@@](=O)C(C)(C)C)c1ccc(C)cc1. The van der Waals surface area contributed by atoms with Crippen LogP contribution in [0.3, 0.4) is 0 Å². The van der Waals surface area contributed by atoms with E-state index in [9.17, 15) is 4.21 Å². The normalized spacial score (nSPS) is 15.4. The molecule has 0 radical (unpaired) electrons. The summed E-state index contributed by atoms with van der Waals surface area (Å²) >= 11 is 0. The first-order valence-electron chi connectivity index (χ1n) is 6.59. The molecule has 0 saturated heterocycles. The molecule has 0 aliphatic heterocycles. The summed E-state index contributed by atoms with van der Waals surface area (Å²) in [6.45, 7) is 10.2. The number of hydrogen-bond acceptors (Lipinski definition) is 1. The van der Waals surface area contributed by atoms with E-state index in [2.05, 4.69) is 42.8 Å². The molecule has 0 spiro atoms. The summed E-state index contributed by atoms with van der Waals surface area (Å²) in [7, 11) is -1.02. The Kier molecular flexibility index (Phi) is 5.54. The number of aryl methyl sites for hydroxylation is 1. The molecule has 0 amide bonds. The van der Waals surface area contributed by atoms with Gasteiger partial charge < -0.3 is 0 Å². The van der Waals surface area contributed by atoms with E-state index in [1.807, 2.05) is 20.8 Å². The van der Waals surface area contributed by atoms with E-state index < -0.39 is 11.0 Å². The predicted octanol–water partition coefficient (Wildman–Crippen LogP) is 3.89. The molecule has 0 aliphatic rings. The second kappa shape index (κ2) is 6.48. The largest absolute Gasteiger partial charge is 0.242 e. The van der Waals surface area contributed by atoms with Crippen LogP contribution in [0.15, 0.2) is 24.3 Å². The fraction of sp³-hybridized carbons (Fsp3) is 0.600. The van der Waals surface area contributed by atoms with Crippen molar-refractivity contribution < 1.29 is 4.21 Å². The Labute approximate surface area is 114 Å². The van der Waals surface area contributed by atoms with Crippen LogP contribution in [0.2, 0.25) is 0 Å². The lowest BCUT2D eigenvalue weighted by atomic mass is 10.0. The van der Waals surface area contributed by atoms with E-state index >= 15 is 0 Å². The molecule has 102 valence electrons. The summed E-state index contributed by atoms with van der Waals surface area (Å²) in [5, 5.41) is 0. The van der Waals surface area contributed by atoms with Crippen LogP contribution in [0, 0.1) is 6.92 Å². The van der Waals surface area contributed by atoms with Crippen LogP contribution in [0.4, 0.5) is 0 Å². The number of rotatable bonds is 5. The standard InChI is InChI=1S/C15H25NOS/c1-6-7-14(16-18(17)15(3,4)5)13-10-8-12(2)9-11-13/h8-11,14,16H,6-7H2,1-5H3/t14-,18+/m1/s1. The van der Waals surface area contributed by atoms with Gasteiger partial charge in [0.25, 0.3) is 0 Å². The maximum Gasteiger partial charge on any atom is 0.0975 e. The molecule has 0 aliphatic carbocycles. The van der Waals surface area contributed by atoms with Gasteiger partial charge in [-0.3, -0.25) is 0 Å². The zero-order valence-electron chi connectivity index (χ0n) is 12.1. The average molecular weight is 267 g/mol. The van der Waals surface area contributed by atoms with Crippen LogP contribution >= 0.6 is 0 Å². The molecule has 3 heteroatoms. The third-order valence-corrected chi connectivity index (χ3v) is 4.47. The van der Waals surface area contributed by atoms with Crippen LogP contribution in [0.1, 0.15) is 57.7 Å². The van der Waals surface area contributed by atoms with Gasteiger partial charge in [0.1, 0.15) is 0 Å². The lowest BCUT2D eigenvalue weighted by Gasteiger charge is -2.24. The van der Waals surface area contributed by atoms with Crippen LogP contribution in [-0.2, 0) is 11.0 Å². The van der Waals surface area contributed by atoms with Crippen molar-refractivity contribution in [1.82, 2.24) is 4.72 Å². The van der Waals surface area contributed by atoms with E-state index in [1.165, 1.54) is 11.1 Å². The number of nitrogens with one attached hydrogen (secondary N) is 1. The van der Waals surface area contributed by atoms with Crippen molar-refractivity contribution in [1.29, 1.82) is 0 Å². The van der Waals surface area contributed by atoms with Gasteiger partial charge in [-0.15, -0.1) is 0 Å². The minimum absolute atomic E-state index is 0.177. The van der Waals surface area contributed by atoms with Gasteiger partial charge in [0, 0.05) is 6.04 Å². The average Bonchev–Trinajstić information content (AvgIpc) is 2.28. The molecule has 0 bridgehead atoms. The Hall–Kier alpha value is -0.670. The third kappa shape index (κ3) is 4.54. The van der Waals surface area contributed by atoms with Crippen molar-refractivity contribution in [2.45, 2.75) is 58.2 Å². The van der Waals surface area contributed by atoms with Crippen LogP contribution in [-0.4, -0.2) is 8.96 Å². The van der Waals surface area contributed by atoms with Gasteiger partial charge in [-0.25, -0.2) is 8.93 Å². The van der Waals surface area contributed by atoms with Crippen molar-refractivity contribution in [2.24, 2.45) is 0 Å². The molecule has 1 N–H and O–H groups in total. The Morgan fingerprint density at radius 2 is 1.78 bits per heavy atom. The molecule has 0 aromatic heterocycles. The molecule has 1 aromatic carbocycles. The molecule has 0 heterocycles. The lowest BCUT2D eigenvalue weighted by Crippen LogP contribution is -2.35. The number of hydrogen-bond donors (Lipinski definition) is 1. The minimum Gasteiger partial charge on any atom is -0.242 e. The molecule has 2 nitrogen and oxygen atoms in total. The first-order valence-corrected chi connectivity index (χ1v) is 7.74. The zero-order valence-corrected chi connectivity index (χ0v) is 12.9. The van der Waals surface area contributed by atoms with Gasteiger partial charge in [-0.05, 0) is 39.7 Å². The minimum atomic E-state index is -1.02. The summed E-state index contributed by atoms with van der Waals surface area (Å²) < 4.78 is 15.2. The summed E-state index contributed by atoms with van der Waals surface area (Å²) in [4.78, 5) is 0. The van der Waals surface area contributed by atoms with Gasteiger partial charge in [-0.1, -0.05) is 43.2 Å². The third-order valence-electron chi connectivity index (χ3n) is 2.86.